The Balaban J connectivity index is 1.38. The number of aryl methyl sites for hydroxylation is 1. The van der Waals surface area contributed by atoms with E-state index < -0.39 is 0 Å². The first-order valence-electron chi connectivity index (χ1n) is 9.20. The Labute approximate surface area is 157 Å². The van der Waals surface area contributed by atoms with E-state index >= 15 is 0 Å². The molecule has 0 radical (unpaired) electrons. The van der Waals surface area contributed by atoms with Gasteiger partial charge >= 0.3 is 0 Å². The molecule has 3 aromatic heterocycles. The summed E-state index contributed by atoms with van der Waals surface area (Å²) in [5, 5.41) is 4.07. The van der Waals surface area contributed by atoms with Crippen LogP contribution in [0.2, 0.25) is 0 Å². The molecular weight excluding hydrogens is 342 g/mol. The van der Waals surface area contributed by atoms with Crippen LogP contribution in [0.5, 0.6) is 0 Å². The zero-order valence-corrected chi connectivity index (χ0v) is 15.0. The lowest BCUT2D eigenvalue weighted by Crippen LogP contribution is -2.39. The number of likely N-dealkylation sites (tertiary alicyclic amines) is 1. The molecule has 1 atom stereocenters. The lowest BCUT2D eigenvalue weighted by Gasteiger charge is -2.31. The number of aromatic nitrogens is 4. The van der Waals surface area contributed by atoms with E-state index in [4.69, 9.17) is 4.52 Å². The molecule has 4 heterocycles. The van der Waals surface area contributed by atoms with Crippen LogP contribution >= 0.6 is 0 Å². The number of nitrogens with zero attached hydrogens (tertiary/aromatic N) is 5. The van der Waals surface area contributed by atoms with Crippen LogP contribution in [-0.2, 0) is 11.2 Å². The third-order valence-corrected chi connectivity index (χ3v) is 4.84. The van der Waals surface area contributed by atoms with Gasteiger partial charge in [-0.3, -0.25) is 14.8 Å². The molecule has 1 saturated heterocycles. The topological polar surface area (TPSA) is 85.0 Å². The van der Waals surface area contributed by atoms with E-state index in [1.807, 2.05) is 35.4 Å². The molecule has 0 spiro atoms. The highest BCUT2D eigenvalue weighted by Crippen LogP contribution is 2.27. The van der Waals surface area contributed by atoms with E-state index in [1.165, 1.54) is 0 Å². The third kappa shape index (κ3) is 4.19. The van der Waals surface area contributed by atoms with Crippen LogP contribution in [0.3, 0.4) is 0 Å². The van der Waals surface area contributed by atoms with Crippen molar-refractivity contribution >= 4 is 5.91 Å². The largest absolute Gasteiger partial charge is 0.342 e. The van der Waals surface area contributed by atoms with Crippen LogP contribution in [0, 0.1) is 0 Å². The molecule has 0 N–H and O–H groups in total. The molecule has 27 heavy (non-hydrogen) atoms. The third-order valence-electron chi connectivity index (χ3n) is 4.84. The number of rotatable bonds is 5. The summed E-state index contributed by atoms with van der Waals surface area (Å²) in [6, 6.07) is 7.63. The van der Waals surface area contributed by atoms with Crippen LogP contribution in [0.25, 0.3) is 11.4 Å². The summed E-state index contributed by atoms with van der Waals surface area (Å²) in [5.41, 5.74) is 1.91. The highest BCUT2D eigenvalue weighted by Gasteiger charge is 2.28. The molecule has 3 aromatic rings. The Hall–Kier alpha value is -3.09. The van der Waals surface area contributed by atoms with Gasteiger partial charge in [0.2, 0.25) is 17.6 Å². The molecule has 1 aliphatic rings. The van der Waals surface area contributed by atoms with Crippen molar-refractivity contribution in [3.63, 3.8) is 0 Å². The van der Waals surface area contributed by atoms with Gasteiger partial charge in [0.15, 0.2) is 0 Å². The number of piperidine rings is 1. The number of amides is 1. The fourth-order valence-electron chi connectivity index (χ4n) is 3.37. The van der Waals surface area contributed by atoms with Crippen LogP contribution in [-0.4, -0.2) is 44.0 Å². The van der Waals surface area contributed by atoms with Crippen molar-refractivity contribution in [1.29, 1.82) is 0 Å². The summed E-state index contributed by atoms with van der Waals surface area (Å²) in [7, 11) is 0. The van der Waals surface area contributed by atoms with Gasteiger partial charge in [0.25, 0.3) is 0 Å². The summed E-state index contributed by atoms with van der Waals surface area (Å²) in [6.07, 6.45) is 10.1. The number of hydrogen-bond acceptors (Lipinski definition) is 6. The zero-order chi connectivity index (χ0) is 18.5. The van der Waals surface area contributed by atoms with Gasteiger partial charge in [0.05, 0.1) is 5.92 Å². The van der Waals surface area contributed by atoms with Gasteiger partial charge < -0.3 is 9.42 Å². The minimum absolute atomic E-state index is 0.0824. The van der Waals surface area contributed by atoms with E-state index in [9.17, 15) is 4.79 Å². The predicted octanol–water partition coefficient (Wildman–Crippen LogP) is 2.87. The van der Waals surface area contributed by atoms with Crippen molar-refractivity contribution in [1.82, 2.24) is 25.0 Å². The van der Waals surface area contributed by atoms with Crippen molar-refractivity contribution in [2.45, 2.75) is 31.6 Å². The van der Waals surface area contributed by atoms with Crippen molar-refractivity contribution in [3.8, 4) is 11.4 Å². The van der Waals surface area contributed by atoms with Gasteiger partial charge in [-0.1, -0.05) is 11.2 Å². The lowest BCUT2D eigenvalue weighted by molar-refractivity contribution is -0.132. The Morgan fingerprint density at radius 3 is 2.81 bits per heavy atom. The molecular formula is C20H21N5O2. The van der Waals surface area contributed by atoms with Gasteiger partial charge in [-0.05, 0) is 43.0 Å². The summed E-state index contributed by atoms with van der Waals surface area (Å²) in [4.78, 5) is 27.2. The highest BCUT2D eigenvalue weighted by atomic mass is 16.5. The summed E-state index contributed by atoms with van der Waals surface area (Å²) < 4.78 is 5.48. The Morgan fingerprint density at radius 1 is 1.19 bits per heavy atom. The molecule has 4 rings (SSSR count). The Kier molecular flexibility index (Phi) is 5.18. The maximum absolute atomic E-state index is 12.6. The average molecular weight is 363 g/mol. The SMILES string of the molecule is O=C(CCc1cccnc1)N1CCC[C@H](c2nc(-c3cccnc3)no2)C1. The molecule has 0 aromatic carbocycles. The normalized spacial score (nSPS) is 17.0. The first kappa shape index (κ1) is 17.3. The van der Waals surface area contributed by atoms with E-state index in [0.717, 1.165) is 30.5 Å². The molecule has 1 amide bonds. The van der Waals surface area contributed by atoms with Gasteiger partial charge in [0, 0.05) is 49.9 Å². The first-order chi connectivity index (χ1) is 13.3. The number of carbonyl (C=O) groups is 1. The number of hydrogen-bond donors (Lipinski definition) is 0. The zero-order valence-electron chi connectivity index (χ0n) is 15.0. The van der Waals surface area contributed by atoms with E-state index in [1.54, 1.807) is 18.6 Å². The van der Waals surface area contributed by atoms with Gasteiger partial charge in [-0.2, -0.15) is 4.98 Å². The molecule has 7 nitrogen and oxygen atoms in total. The second-order valence-electron chi connectivity index (χ2n) is 6.74. The molecule has 0 saturated carbocycles. The van der Waals surface area contributed by atoms with Gasteiger partial charge in [-0.25, -0.2) is 0 Å². The van der Waals surface area contributed by atoms with Crippen molar-refractivity contribution in [2.24, 2.45) is 0 Å². The fourth-order valence-corrected chi connectivity index (χ4v) is 3.37. The Bertz CT molecular complexity index is 882. The summed E-state index contributed by atoms with van der Waals surface area (Å²) >= 11 is 0. The minimum Gasteiger partial charge on any atom is -0.342 e. The molecule has 0 aliphatic carbocycles. The Morgan fingerprint density at radius 2 is 2.04 bits per heavy atom. The van der Waals surface area contributed by atoms with E-state index in [0.29, 0.717) is 31.1 Å². The van der Waals surface area contributed by atoms with Crippen molar-refractivity contribution in [2.75, 3.05) is 13.1 Å². The molecule has 7 heteroatoms. The standard InChI is InChI=1S/C20H21N5O2/c26-18(8-7-15-4-1-9-21-12-15)25-11-3-6-17(14-25)20-23-19(24-27-20)16-5-2-10-22-13-16/h1-2,4-5,9-10,12-13,17H,3,6-8,11,14H2/t17-/m0/s1. The summed E-state index contributed by atoms with van der Waals surface area (Å²) in [6.45, 7) is 1.41. The molecule has 0 unspecified atom stereocenters. The second-order valence-corrected chi connectivity index (χ2v) is 6.74. The first-order valence-corrected chi connectivity index (χ1v) is 9.20. The molecule has 1 fully saturated rings. The van der Waals surface area contributed by atoms with Crippen LogP contribution < -0.4 is 0 Å². The van der Waals surface area contributed by atoms with Gasteiger partial charge in [0.1, 0.15) is 0 Å². The lowest BCUT2D eigenvalue weighted by atomic mass is 9.97. The maximum atomic E-state index is 12.6. The number of carbonyl (C=O) groups excluding carboxylic acids is 1. The van der Waals surface area contributed by atoms with Crippen LogP contribution in [0.4, 0.5) is 0 Å². The average Bonchev–Trinajstić information content (AvgIpc) is 3.24. The van der Waals surface area contributed by atoms with Crippen LogP contribution in [0.15, 0.2) is 53.6 Å². The molecule has 0 bridgehead atoms. The molecule has 138 valence electrons. The quantitative estimate of drug-likeness (QED) is 0.693. The number of pyridine rings is 2. The fraction of sp³-hybridized carbons (Fsp3) is 0.350. The molecule has 1 aliphatic heterocycles. The highest BCUT2D eigenvalue weighted by molar-refractivity contribution is 5.76. The van der Waals surface area contributed by atoms with Gasteiger partial charge in [-0.15, -0.1) is 0 Å². The van der Waals surface area contributed by atoms with Crippen molar-refractivity contribution < 1.29 is 9.32 Å². The second kappa shape index (κ2) is 8.07. The predicted molar refractivity (Wildman–Crippen MR) is 98.6 cm³/mol. The summed E-state index contributed by atoms with van der Waals surface area (Å²) in [5.74, 6) is 1.38. The van der Waals surface area contributed by atoms with Crippen molar-refractivity contribution in [3.05, 3.63) is 60.5 Å². The van der Waals surface area contributed by atoms with E-state index in [-0.39, 0.29) is 11.8 Å². The smallest absolute Gasteiger partial charge is 0.231 e. The maximum Gasteiger partial charge on any atom is 0.231 e. The van der Waals surface area contributed by atoms with E-state index in [2.05, 4.69) is 20.1 Å². The monoisotopic (exact) mass is 363 g/mol. The minimum atomic E-state index is 0.0824. The van der Waals surface area contributed by atoms with Crippen LogP contribution in [0.1, 0.15) is 36.6 Å².